The van der Waals surface area contributed by atoms with Crippen molar-refractivity contribution in [3.63, 3.8) is 0 Å². The Bertz CT molecular complexity index is 154. The lowest BCUT2D eigenvalue weighted by Gasteiger charge is -2.08. The quantitative estimate of drug-likeness (QED) is 0.603. The summed E-state index contributed by atoms with van der Waals surface area (Å²) in [4.78, 5) is 10.5. The van der Waals surface area contributed by atoms with Crippen molar-refractivity contribution >= 4 is 17.9 Å². The van der Waals surface area contributed by atoms with Crippen LogP contribution in [0.4, 0.5) is 4.79 Å². The molecule has 0 aliphatic rings. The van der Waals surface area contributed by atoms with Gasteiger partial charge in [0, 0.05) is 18.3 Å². The molecule has 3 N–H and O–H groups in total. The number of halogens is 1. The van der Waals surface area contributed by atoms with Crippen molar-refractivity contribution in [2.75, 3.05) is 26.4 Å². The van der Waals surface area contributed by atoms with Gasteiger partial charge in [-0.2, -0.15) is 0 Å². The minimum atomic E-state index is -0.954. The molecule has 0 aromatic rings. The summed E-state index contributed by atoms with van der Waals surface area (Å²) in [5, 5.41) is 24.0. The van der Waals surface area contributed by atoms with Gasteiger partial charge in [0.05, 0.1) is 19.8 Å². The molecule has 0 unspecified atom stereocenters. The number of amides is 1. The third kappa shape index (κ3) is 11.4. The van der Waals surface area contributed by atoms with Gasteiger partial charge in [0.25, 0.3) is 0 Å². The average Bonchev–Trinajstić information content (AvgIpc) is 2.27. The minimum absolute atomic E-state index is 0.363. The van der Waals surface area contributed by atoms with Crippen LogP contribution in [0.3, 0.4) is 0 Å². The molecule has 0 bridgehead atoms. The van der Waals surface area contributed by atoms with Crippen LogP contribution >= 0.6 is 11.8 Å². The van der Waals surface area contributed by atoms with E-state index in [-0.39, 0.29) is 13.2 Å². The molecule has 0 radical (unpaired) electrons. The van der Waals surface area contributed by atoms with Gasteiger partial charge in [0.15, 0.2) is 0 Å². The zero-order valence-corrected chi connectivity index (χ0v) is 9.65. The van der Waals surface area contributed by atoms with Crippen LogP contribution in [0.2, 0.25) is 0 Å². The van der Waals surface area contributed by atoms with E-state index < -0.39 is 12.2 Å². The number of aliphatic hydroxyl groups excluding tert-OH is 3. The minimum Gasteiger partial charge on any atom is -0.449 e. The molecule has 0 atom stereocenters. The molecule has 0 spiro atoms. The largest absolute Gasteiger partial charge is 0.449 e. The highest BCUT2D eigenvalue weighted by Gasteiger charge is 2.06. The summed E-state index contributed by atoms with van der Waals surface area (Å²) in [6.07, 6.45) is -1.44. The lowest BCUT2D eigenvalue weighted by Crippen LogP contribution is -2.21. The molecule has 0 aromatic carbocycles. The molecular formula is C8H18ClNO5. The summed E-state index contributed by atoms with van der Waals surface area (Å²) in [5.41, 5.74) is 0. The molecule has 0 saturated carbocycles. The Morgan fingerprint density at radius 3 is 2.07 bits per heavy atom. The second kappa shape index (κ2) is 11.5. The van der Waals surface area contributed by atoms with Crippen molar-refractivity contribution in [2.45, 2.75) is 20.0 Å². The summed E-state index contributed by atoms with van der Waals surface area (Å²) in [5.74, 6) is 0. The fraction of sp³-hybridized carbons (Fsp3) is 0.875. The van der Waals surface area contributed by atoms with Gasteiger partial charge < -0.3 is 20.1 Å². The number of ether oxygens (including phenoxy) is 1. The standard InChI is InChI=1S/C5H10ClNO2.C3H8O3/c1-3-7(6)5(8)9-4-2;4-1-3(6)2-5/h3-4H2,1-2H3;3-6H,1-2H2. The summed E-state index contributed by atoms with van der Waals surface area (Å²) >= 11 is 5.35. The summed E-state index contributed by atoms with van der Waals surface area (Å²) in [6.45, 7) is 3.59. The van der Waals surface area contributed by atoms with Crippen LogP contribution in [0.15, 0.2) is 0 Å². The predicted octanol–water partition coefficient (Wildman–Crippen LogP) is -0.0495. The molecule has 0 saturated heterocycles. The fourth-order valence-corrected chi connectivity index (χ4v) is 0.429. The van der Waals surface area contributed by atoms with E-state index in [2.05, 4.69) is 4.74 Å². The first-order chi connectivity index (χ1) is 7.03. The third-order valence-electron chi connectivity index (χ3n) is 1.17. The number of hydrogen-bond acceptors (Lipinski definition) is 5. The normalized spacial score (nSPS) is 9.27. The average molecular weight is 244 g/mol. The van der Waals surface area contributed by atoms with E-state index in [1.54, 1.807) is 13.8 Å². The van der Waals surface area contributed by atoms with Crippen molar-refractivity contribution in [3.05, 3.63) is 0 Å². The van der Waals surface area contributed by atoms with Gasteiger partial charge in [-0.25, -0.2) is 9.21 Å². The molecule has 1 amide bonds. The lowest BCUT2D eigenvalue weighted by molar-refractivity contribution is 0.0450. The fourth-order valence-electron chi connectivity index (χ4n) is 0.380. The number of rotatable bonds is 4. The molecule has 0 heterocycles. The molecule has 7 heteroatoms. The third-order valence-corrected chi connectivity index (χ3v) is 1.54. The number of carbonyl (C=O) groups excluding carboxylic acids is 1. The Morgan fingerprint density at radius 1 is 1.40 bits per heavy atom. The van der Waals surface area contributed by atoms with Gasteiger partial charge in [-0.1, -0.05) is 0 Å². The molecule has 15 heavy (non-hydrogen) atoms. The highest BCUT2D eigenvalue weighted by atomic mass is 35.5. The van der Waals surface area contributed by atoms with Crippen molar-refractivity contribution in [3.8, 4) is 0 Å². The van der Waals surface area contributed by atoms with Gasteiger partial charge in [0.1, 0.15) is 6.10 Å². The van der Waals surface area contributed by atoms with Crippen molar-refractivity contribution in [1.29, 1.82) is 0 Å². The topological polar surface area (TPSA) is 90.2 Å². The van der Waals surface area contributed by atoms with Crippen LogP contribution in [0, 0.1) is 0 Å². The maximum atomic E-state index is 10.5. The zero-order chi connectivity index (χ0) is 12.3. The van der Waals surface area contributed by atoms with Gasteiger partial charge >= 0.3 is 6.09 Å². The molecule has 0 aromatic heterocycles. The first-order valence-corrected chi connectivity index (χ1v) is 4.87. The smallest absolute Gasteiger partial charge is 0.424 e. The van der Waals surface area contributed by atoms with Crippen LogP contribution in [-0.4, -0.2) is 58.3 Å². The summed E-state index contributed by atoms with van der Waals surface area (Å²) in [6, 6.07) is 0. The van der Waals surface area contributed by atoms with E-state index in [0.717, 1.165) is 4.42 Å². The molecule has 0 aliphatic carbocycles. The summed E-state index contributed by atoms with van der Waals surface area (Å²) < 4.78 is 5.54. The Balaban J connectivity index is 0. The Labute approximate surface area is 94.1 Å². The molecule has 0 fully saturated rings. The molecule has 6 nitrogen and oxygen atoms in total. The lowest BCUT2D eigenvalue weighted by atomic mass is 10.4. The zero-order valence-electron chi connectivity index (χ0n) is 8.89. The van der Waals surface area contributed by atoms with Crippen LogP contribution < -0.4 is 0 Å². The highest BCUT2D eigenvalue weighted by Crippen LogP contribution is 1.96. The van der Waals surface area contributed by atoms with E-state index in [1.807, 2.05) is 0 Å². The second-order valence-electron chi connectivity index (χ2n) is 2.40. The van der Waals surface area contributed by atoms with Gasteiger partial charge in [-0.3, -0.25) is 0 Å². The Hall–Kier alpha value is -0.560. The molecule has 0 aliphatic heterocycles. The molecule has 0 rings (SSSR count). The van der Waals surface area contributed by atoms with Gasteiger partial charge in [0.2, 0.25) is 0 Å². The van der Waals surface area contributed by atoms with Crippen molar-refractivity contribution < 1.29 is 24.9 Å². The monoisotopic (exact) mass is 243 g/mol. The molecule has 92 valence electrons. The van der Waals surface area contributed by atoms with Gasteiger partial charge in [-0.15, -0.1) is 0 Å². The maximum absolute atomic E-state index is 10.5. The maximum Gasteiger partial charge on any atom is 0.424 e. The van der Waals surface area contributed by atoms with Crippen LogP contribution in [0.1, 0.15) is 13.8 Å². The van der Waals surface area contributed by atoms with E-state index in [4.69, 9.17) is 27.1 Å². The Morgan fingerprint density at radius 2 is 1.87 bits per heavy atom. The summed E-state index contributed by atoms with van der Waals surface area (Å²) in [7, 11) is 0. The van der Waals surface area contributed by atoms with Crippen molar-refractivity contribution in [1.82, 2.24) is 4.42 Å². The Kier molecular flexibility index (Phi) is 12.9. The number of aliphatic hydroxyl groups is 3. The number of hydrogen-bond donors (Lipinski definition) is 3. The number of carbonyl (C=O) groups is 1. The van der Waals surface area contributed by atoms with E-state index in [1.165, 1.54) is 0 Å². The van der Waals surface area contributed by atoms with Gasteiger partial charge in [-0.05, 0) is 13.8 Å². The molecular weight excluding hydrogens is 226 g/mol. The first kappa shape index (κ1) is 16.9. The second-order valence-corrected chi connectivity index (χ2v) is 2.80. The SMILES string of the molecule is CCOC(=O)N(Cl)CC.OCC(O)CO. The first-order valence-electron chi connectivity index (χ1n) is 4.53. The number of nitrogens with zero attached hydrogens (tertiary/aromatic N) is 1. The predicted molar refractivity (Wildman–Crippen MR) is 55.4 cm³/mol. The van der Waals surface area contributed by atoms with Crippen LogP contribution in [0.25, 0.3) is 0 Å². The van der Waals surface area contributed by atoms with Crippen LogP contribution in [-0.2, 0) is 4.74 Å². The van der Waals surface area contributed by atoms with Crippen molar-refractivity contribution in [2.24, 2.45) is 0 Å². The van der Waals surface area contributed by atoms with Crippen LogP contribution in [0.5, 0.6) is 0 Å². The van der Waals surface area contributed by atoms with E-state index >= 15 is 0 Å². The van der Waals surface area contributed by atoms with E-state index in [0.29, 0.717) is 13.2 Å². The highest BCUT2D eigenvalue weighted by molar-refractivity contribution is 6.20. The van der Waals surface area contributed by atoms with E-state index in [9.17, 15) is 4.79 Å².